The highest BCUT2D eigenvalue weighted by molar-refractivity contribution is 8.00. The van der Waals surface area contributed by atoms with Gasteiger partial charge in [-0.15, -0.1) is 16.8 Å². The lowest BCUT2D eigenvalue weighted by atomic mass is 9.90. The van der Waals surface area contributed by atoms with Gasteiger partial charge in [-0.05, 0) is 44.6 Å². The van der Waals surface area contributed by atoms with E-state index >= 15 is 0 Å². The van der Waals surface area contributed by atoms with Gasteiger partial charge in [0.25, 0.3) is 0 Å². The summed E-state index contributed by atoms with van der Waals surface area (Å²) in [5, 5.41) is 8.97. The molecule has 0 bridgehead atoms. The van der Waals surface area contributed by atoms with Gasteiger partial charge >= 0.3 is 0 Å². The largest absolute Gasteiger partial charge is 0.342 e. The quantitative estimate of drug-likeness (QED) is 0.539. The van der Waals surface area contributed by atoms with E-state index in [2.05, 4.69) is 47.1 Å². The van der Waals surface area contributed by atoms with Crippen LogP contribution in [-0.4, -0.2) is 43.9 Å². The van der Waals surface area contributed by atoms with Crippen molar-refractivity contribution in [1.82, 2.24) is 19.7 Å². The topological polar surface area (TPSA) is 51.0 Å². The maximum Gasteiger partial charge on any atom is 0.235 e. The maximum atomic E-state index is 12.9. The average Bonchev–Trinajstić information content (AvgIpc) is 3.03. The number of hydrogen-bond acceptors (Lipinski definition) is 4. The number of carbonyl (C=O) groups is 1. The molecular weight excluding hydrogens is 356 g/mol. The van der Waals surface area contributed by atoms with Crippen LogP contribution in [0.25, 0.3) is 0 Å². The fourth-order valence-corrected chi connectivity index (χ4v) is 4.55. The van der Waals surface area contributed by atoms with Crippen LogP contribution in [0.3, 0.4) is 0 Å². The first kappa shape index (κ1) is 19.7. The Hall–Kier alpha value is -2.08. The number of nitrogens with zero attached hydrogens (tertiary/aromatic N) is 4. The second-order valence-corrected chi connectivity index (χ2v) is 8.46. The van der Waals surface area contributed by atoms with Crippen molar-refractivity contribution in [2.24, 2.45) is 5.92 Å². The maximum absolute atomic E-state index is 12.9. The molecule has 27 heavy (non-hydrogen) atoms. The minimum absolute atomic E-state index is 0.164. The van der Waals surface area contributed by atoms with Gasteiger partial charge in [0.2, 0.25) is 5.91 Å². The van der Waals surface area contributed by atoms with Gasteiger partial charge in [-0.2, -0.15) is 0 Å². The van der Waals surface area contributed by atoms with Gasteiger partial charge in [-0.1, -0.05) is 48.2 Å². The lowest BCUT2D eigenvalue weighted by Gasteiger charge is -2.33. The lowest BCUT2D eigenvalue weighted by Crippen LogP contribution is -2.42. The molecule has 0 N–H and O–H groups in total. The Morgan fingerprint density at radius 2 is 2.00 bits per heavy atom. The molecule has 0 saturated carbocycles. The summed E-state index contributed by atoms with van der Waals surface area (Å²) in [6.07, 6.45) is 5.08. The molecule has 1 unspecified atom stereocenters. The van der Waals surface area contributed by atoms with Gasteiger partial charge in [0.05, 0.1) is 5.25 Å². The summed E-state index contributed by atoms with van der Waals surface area (Å²) in [6, 6.07) is 10.6. The van der Waals surface area contributed by atoms with E-state index in [9.17, 15) is 4.79 Å². The summed E-state index contributed by atoms with van der Waals surface area (Å²) in [5.41, 5.74) is 1.39. The van der Waals surface area contributed by atoms with Gasteiger partial charge in [0, 0.05) is 19.6 Å². The number of benzene rings is 1. The van der Waals surface area contributed by atoms with Gasteiger partial charge < -0.3 is 9.47 Å². The van der Waals surface area contributed by atoms with E-state index in [1.807, 2.05) is 29.4 Å². The summed E-state index contributed by atoms with van der Waals surface area (Å²) < 4.78 is 1.99. The van der Waals surface area contributed by atoms with Crippen molar-refractivity contribution in [2.45, 2.75) is 50.1 Å². The highest BCUT2D eigenvalue weighted by Gasteiger charge is 2.27. The Balaban J connectivity index is 1.52. The van der Waals surface area contributed by atoms with E-state index < -0.39 is 0 Å². The number of aryl methyl sites for hydroxylation is 1. The van der Waals surface area contributed by atoms with Crippen molar-refractivity contribution in [1.29, 1.82) is 0 Å². The van der Waals surface area contributed by atoms with E-state index in [0.29, 0.717) is 12.5 Å². The first-order valence-corrected chi connectivity index (χ1v) is 10.5. The average molecular weight is 385 g/mol. The van der Waals surface area contributed by atoms with Gasteiger partial charge in [0.15, 0.2) is 5.16 Å². The van der Waals surface area contributed by atoms with Crippen LogP contribution in [-0.2, 0) is 17.8 Å². The molecule has 6 heteroatoms. The molecule has 1 aliphatic rings. The third kappa shape index (κ3) is 5.01. The number of hydrogen-bond donors (Lipinski definition) is 0. The molecule has 5 nitrogen and oxygen atoms in total. The minimum Gasteiger partial charge on any atom is -0.342 e. The first-order chi connectivity index (χ1) is 13.1. The molecule has 1 atom stereocenters. The second-order valence-electron chi connectivity index (χ2n) is 7.15. The predicted octanol–water partition coefficient (Wildman–Crippen LogP) is 3.73. The fraction of sp³-hybridized carbons (Fsp3) is 0.476. The number of likely N-dealkylation sites (tertiary alicyclic amines) is 1. The van der Waals surface area contributed by atoms with E-state index in [1.54, 1.807) is 0 Å². The molecule has 1 saturated heterocycles. The number of allylic oxidation sites excluding steroid dienone is 1. The van der Waals surface area contributed by atoms with Crippen LogP contribution < -0.4 is 0 Å². The number of rotatable bonds is 7. The summed E-state index contributed by atoms with van der Waals surface area (Å²) in [6.45, 7) is 10.0. The van der Waals surface area contributed by atoms with Crippen molar-refractivity contribution in [3.63, 3.8) is 0 Å². The molecule has 144 valence electrons. The molecule has 2 heterocycles. The number of piperidine rings is 1. The van der Waals surface area contributed by atoms with Crippen molar-refractivity contribution in [3.05, 3.63) is 54.4 Å². The number of carbonyl (C=O) groups excluding carboxylic acids is 1. The van der Waals surface area contributed by atoms with Crippen LogP contribution in [0.2, 0.25) is 0 Å². The molecule has 0 radical (unpaired) electrons. The Kier molecular flexibility index (Phi) is 6.72. The second kappa shape index (κ2) is 9.22. The number of thioether (sulfide) groups is 1. The lowest BCUT2D eigenvalue weighted by molar-refractivity contribution is -0.131. The predicted molar refractivity (Wildman–Crippen MR) is 110 cm³/mol. The minimum atomic E-state index is -0.164. The SMILES string of the molecule is C=CCn1c(C)nnc1SC(C)C(=O)N1CCC(Cc2ccccc2)CC1. The highest BCUT2D eigenvalue weighted by Crippen LogP contribution is 2.27. The van der Waals surface area contributed by atoms with Crippen LogP contribution in [0.15, 0.2) is 48.1 Å². The van der Waals surface area contributed by atoms with Gasteiger partial charge in [-0.3, -0.25) is 4.79 Å². The molecule has 0 aliphatic carbocycles. The van der Waals surface area contributed by atoms with Crippen LogP contribution in [0.1, 0.15) is 31.2 Å². The molecule has 0 spiro atoms. The first-order valence-electron chi connectivity index (χ1n) is 9.58. The number of amides is 1. The van der Waals surface area contributed by atoms with Crippen molar-refractivity contribution >= 4 is 17.7 Å². The number of aromatic nitrogens is 3. The zero-order chi connectivity index (χ0) is 19.2. The van der Waals surface area contributed by atoms with E-state index in [-0.39, 0.29) is 11.2 Å². The normalized spacial score (nSPS) is 16.3. The smallest absolute Gasteiger partial charge is 0.235 e. The standard InChI is InChI=1S/C21H28N4OS/c1-4-12-25-17(3)22-23-21(25)27-16(2)20(26)24-13-10-19(11-14-24)15-18-8-6-5-7-9-18/h4-9,16,19H,1,10-15H2,2-3H3. The summed E-state index contributed by atoms with van der Waals surface area (Å²) >= 11 is 1.49. The summed E-state index contributed by atoms with van der Waals surface area (Å²) in [4.78, 5) is 14.9. The highest BCUT2D eigenvalue weighted by atomic mass is 32.2. The zero-order valence-electron chi connectivity index (χ0n) is 16.2. The third-order valence-electron chi connectivity index (χ3n) is 5.14. The monoisotopic (exact) mass is 384 g/mol. The van der Waals surface area contributed by atoms with Crippen molar-refractivity contribution < 1.29 is 4.79 Å². The fourth-order valence-electron chi connectivity index (χ4n) is 3.56. The molecule has 1 aromatic heterocycles. The molecular formula is C21H28N4OS. The van der Waals surface area contributed by atoms with E-state index in [4.69, 9.17) is 0 Å². The molecule has 3 rings (SSSR count). The Labute approximate surface area is 165 Å². The molecule has 2 aromatic rings. The van der Waals surface area contributed by atoms with Crippen LogP contribution in [0, 0.1) is 12.8 Å². The third-order valence-corrected chi connectivity index (χ3v) is 6.20. The van der Waals surface area contributed by atoms with Crippen LogP contribution in [0.5, 0.6) is 0 Å². The van der Waals surface area contributed by atoms with Crippen LogP contribution in [0.4, 0.5) is 0 Å². The van der Waals surface area contributed by atoms with Crippen LogP contribution >= 0.6 is 11.8 Å². The van der Waals surface area contributed by atoms with Gasteiger partial charge in [-0.25, -0.2) is 0 Å². The van der Waals surface area contributed by atoms with Gasteiger partial charge in [0.1, 0.15) is 5.82 Å². The molecule has 1 aliphatic heterocycles. The van der Waals surface area contributed by atoms with E-state index in [1.165, 1.54) is 17.3 Å². The molecule has 1 fully saturated rings. The summed E-state index contributed by atoms with van der Waals surface area (Å²) in [5.74, 6) is 1.71. The Morgan fingerprint density at radius 3 is 2.67 bits per heavy atom. The Morgan fingerprint density at radius 1 is 1.30 bits per heavy atom. The summed E-state index contributed by atoms with van der Waals surface area (Å²) in [7, 11) is 0. The van der Waals surface area contributed by atoms with Crippen molar-refractivity contribution in [2.75, 3.05) is 13.1 Å². The zero-order valence-corrected chi connectivity index (χ0v) is 17.0. The molecule has 1 aromatic carbocycles. The van der Waals surface area contributed by atoms with E-state index in [0.717, 1.165) is 43.3 Å². The Bertz CT molecular complexity index is 766. The molecule has 1 amide bonds. The van der Waals surface area contributed by atoms with Crippen molar-refractivity contribution in [3.8, 4) is 0 Å².